The van der Waals surface area contributed by atoms with Crippen molar-refractivity contribution >= 4 is 27.6 Å². The Hall–Kier alpha value is -2.16. The Balaban J connectivity index is 1.63. The molecule has 1 saturated carbocycles. The van der Waals surface area contributed by atoms with Gasteiger partial charge in [0.25, 0.3) is 0 Å². The standard InChI is InChI=1S/C20H20BrF3N4O/c21-17-7-4-14(10-26-17)12-28-18(29)27(13-19(28)8-2-1-3-9-19)15-5-6-16(25-11-15)20(22,23)24/h4-7,10-11H,1-3,8-9,12-13H2. The lowest BCUT2D eigenvalue weighted by molar-refractivity contribution is -0.141. The molecule has 2 aliphatic rings. The van der Waals surface area contributed by atoms with Gasteiger partial charge in [0, 0.05) is 12.7 Å². The SMILES string of the molecule is O=C1N(c2ccc(C(F)(F)F)nc2)CC2(CCCCC2)N1Cc1ccc(Br)nc1. The van der Waals surface area contributed by atoms with Crippen LogP contribution >= 0.6 is 15.9 Å². The number of aromatic nitrogens is 2. The summed E-state index contributed by atoms with van der Waals surface area (Å²) < 4.78 is 39.2. The zero-order valence-corrected chi connectivity index (χ0v) is 17.2. The molecule has 2 aromatic rings. The Morgan fingerprint density at radius 3 is 2.38 bits per heavy atom. The average molecular weight is 469 g/mol. The van der Waals surface area contributed by atoms with E-state index in [0.717, 1.165) is 54.5 Å². The number of hydrogen-bond donors (Lipinski definition) is 0. The van der Waals surface area contributed by atoms with Gasteiger partial charge in [-0.2, -0.15) is 13.2 Å². The van der Waals surface area contributed by atoms with E-state index in [4.69, 9.17) is 0 Å². The normalized spacial score (nSPS) is 19.2. The number of urea groups is 1. The Bertz CT molecular complexity index is 880. The van der Waals surface area contributed by atoms with Gasteiger partial charge in [0.1, 0.15) is 10.3 Å². The van der Waals surface area contributed by atoms with Gasteiger partial charge < -0.3 is 4.90 Å². The molecule has 4 rings (SSSR count). The van der Waals surface area contributed by atoms with Crippen molar-refractivity contribution in [2.24, 2.45) is 0 Å². The van der Waals surface area contributed by atoms with Crippen molar-refractivity contribution < 1.29 is 18.0 Å². The number of halogens is 4. The van der Waals surface area contributed by atoms with Gasteiger partial charge in [-0.05, 0) is 52.5 Å². The molecule has 1 aliphatic heterocycles. The van der Waals surface area contributed by atoms with Gasteiger partial charge in [-0.25, -0.2) is 14.8 Å². The van der Waals surface area contributed by atoms with E-state index < -0.39 is 11.9 Å². The fraction of sp³-hybridized carbons (Fsp3) is 0.450. The zero-order valence-electron chi connectivity index (χ0n) is 15.6. The summed E-state index contributed by atoms with van der Waals surface area (Å²) in [5, 5.41) is 0. The molecule has 2 aromatic heterocycles. The highest BCUT2D eigenvalue weighted by Crippen LogP contribution is 2.42. The number of carbonyl (C=O) groups is 1. The van der Waals surface area contributed by atoms with E-state index in [2.05, 4.69) is 25.9 Å². The van der Waals surface area contributed by atoms with Crippen molar-refractivity contribution in [1.82, 2.24) is 14.9 Å². The second-order valence-electron chi connectivity index (χ2n) is 7.63. The summed E-state index contributed by atoms with van der Waals surface area (Å²) in [7, 11) is 0. The molecule has 154 valence electrons. The van der Waals surface area contributed by atoms with Gasteiger partial charge in [-0.15, -0.1) is 0 Å². The molecule has 0 bridgehead atoms. The molecule has 5 nitrogen and oxygen atoms in total. The van der Waals surface area contributed by atoms with E-state index >= 15 is 0 Å². The van der Waals surface area contributed by atoms with Gasteiger partial charge in [0.2, 0.25) is 0 Å². The number of hydrogen-bond acceptors (Lipinski definition) is 3. The number of pyridine rings is 2. The maximum atomic E-state index is 13.3. The largest absolute Gasteiger partial charge is 0.433 e. The lowest BCUT2D eigenvalue weighted by Crippen LogP contribution is -2.48. The summed E-state index contributed by atoms with van der Waals surface area (Å²) in [5.74, 6) is 0. The summed E-state index contributed by atoms with van der Waals surface area (Å²) in [4.78, 5) is 24.5. The van der Waals surface area contributed by atoms with Crippen LogP contribution < -0.4 is 4.90 Å². The Morgan fingerprint density at radius 1 is 1.03 bits per heavy atom. The van der Waals surface area contributed by atoms with E-state index in [1.165, 1.54) is 6.07 Å². The summed E-state index contributed by atoms with van der Waals surface area (Å²) in [6.45, 7) is 0.881. The molecule has 2 fully saturated rings. The Morgan fingerprint density at radius 2 is 1.79 bits per heavy atom. The maximum absolute atomic E-state index is 13.3. The summed E-state index contributed by atoms with van der Waals surface area (Å²) in [6, 6.07) is 5.81. The number of alkyl halides is 3. The highest BCUT2D eigenvalue weighted by atomic mass is 79.9. The lowest BCUT2D eigenvalue weighted by Gasteiger charge is -2.40. The summed E-state index contributed by atoms with van der Waals surface area (Å²) in [6.07, 6.45) is 3.33. The van der Waals surface area contributed by atoms with Crippen LogP contribution in [0, 0.1) is 0 Å². The molecular weight excluding hydrogens is 449 g/mol. The van der Waals surface area contributed by atoms with Crippen LogP contribution in [-0.4, -0.2) is 33.0 Å². The maximum Gasteiger partial charge on any atom is 0.433 e. The Labute approximate surface area is 175 Å². The summed E-state index contributed by atoms with van der Waals surface area (Å²) >= 11 is 3.31. The molecule has 1 aliphatic carbocycles. The molecule has 1 spiro atoms. The number of anilines is 1. The van der Waals surface area contributed by atoms with Gasteiger partial charge in [-0.1, -0.05) is 25.3 Å². The molecule has 0 atom stereocenters. The Kier molecular flexibility index (Phi) is 5.27. The van der Waals surface area contributed by atoms with E-state index in [1.807, 2.05) is 17.0 Å². The number of carbonyl (C=O) groups excluding carboxylic acids is 1. The quantitative estimate of drug-likeness (QED) is 0.566. The third-order valence-electron chi connectivity index (χ3n) is 5.75. The monoisotopic (exact) mass is 468 g/mol. The van der Waals surface area contributed by atoms with E-state index in [9.17, 15) is 18.0 Å². The molecule has 9 heteroatoms. The highest BCUT2D eigenvalue weighted by molar-refractivity contribution is 9.10. The third kappa shape index (κ3) is 3.97. The third-order valence-corrected chi connectivity index (χ3v) is 6.22. The molecule has 0 N–H and O–H groups in total. The van der Waals surface area contributed by atoms with Gasteiger partial charge in [0.15, 0.2) is 0 Å². The van der Waals surface area contributed by atoms with Crippen LogP contribution in [0.1, 0.15) is 43.4 Å². The van der Waals surface area contributed by atoms with Crippen LogP contribution in [0.3, 0.4) is 0 Å². The zero-order chi connectivity index (χ0) is 20.6. The molecule has 3 heterocycles. The first kappa shape index (κ1) is 20.1. The smallest absolute Gasteiger partial charge is 0.312 e. The second kappa shape index (κ2) is 7.59. The predicted molar refractivity (Wildman–Crippen MR) is 105 cm³/mol. The molecule has 0 aromatic carbocycles. The fourth-order valence-corrected chi connectivity index (χ4v) is 4.50. The van der Waals surface area contributed by atoms with Gasteiger partial charge >= 0.3 is 12.2 Å². The molecule has 29 heavy (non-hydrogen) atoms. The molecule has 1 saturated heterocycles. The molecule has 2 amide bonds. The van der Waals surface area contributed by atoms with Crippen molar-refractivity contribution in [3.63, 3.8) is 0 Å². The highest BCUT2D eigenvalue weighted by Gasteiger charge is 2.50. The van der Waals surface area contributed by atoms with Crippen molar-refractivity contribution in [3.8, 4) is 0 Å². The first-order valence-corrected chi connectivity index (χ1v) is 10.3. The number of nitrogens with zero attached hydrogens (tertiary/aromatic N) is 4. The van der Waals surface area contributed by atoms with Crippen molar-refractivity contribution in [2.45, 2.75) is 50.4 Å². The van der Waals surface area contributed by atoms with Gasteiger partial charge in [-0.3, -0.25) is 4.90 Å². The topological polar surface area (TPSA) is 49.3 Å². The first-order valence-electron chi connectivity index (χ1n) is 9.51. The van der Waals surface area contributed by atoms with Gasteiger partial charge in [0.05, 0.1) is 24.0 Å². The van der Waals surface area contributed by atoms with Crippen LogP contribution in [0.4, 0.5) is 23.7 Å². The van der Waals surface area contributed by atoms with Crippen molar-refractivity contribution in [3.05, 3.63) is 52.5 Å². The van der Waals surface area contributed by atoms with E-state index in [0.29, 0.717) is 18.8 Å². The summed E-state index contributed by atoms with van der Waals surface area (Å²) in [5.41, 5.74) is 0.0341. The fourth-order valence-electron chi connectivity index (χ4n) is 4.27. The molecule has 0 radical (unpaired) electrons. The van der Waals surface area contributed by atoms with Crippen LogP contribution in [0.15, 0.2) is 41.3 Å². The number of rotatable bonds is 3. The minimum atomic E-state index is -4.50. The van der Waals surface area contributed by atoms with E-state index in [1.54, 1.807) is 11.1 Å². The van der Waals surface area contributed by atoms with Crippen molar-refractivity contribution in [1.29, 1.82) is 0 Å². The van der Waals surface area contributed by atoms with Crippen molar-refractivity contribution in [2.75, 3.05) is 11.4 Å². The minimum absolute atomic E-state index is 0.198. The van der Waals surface area contributed by atoms with E-state index in [-0.39, 0.29) is 11.6 Å². The first-order chi connectivity index (χ1) is 13.8. The number of amides is 2. The molecular formula is C20H20BrF3N4O. The predicted octanol–water partition coefficient (Wildman–Crippen LogP) is 5.40. The van der Waals surface area contributed by atoms with Crippen LogP contribution in [-0.2, 0) is 12.7 Å². The molecule has 0 unspecified atom stereocenters. The van der Waals surface area contributed by atoms with Crippen LogP contribution in [0.5, 0.6) is 0 Å². The minimum Gasteiger partial charge on any atom is -0.312 e. The van der Waals surface area contributed by atoms with Crippen LogP contribution in [0.2, 0.25) is 0 Å². The lowest BCUT2D eigenvalue weighted by atomic mass is 9.81. The second-order valence-corrected chi connectivity index (χ2v) is 8.44. The average Bonchev–Trinajstić information content (AvgIpc) is 2.95. The van der Waals surface area contributed by atoms with Crippen LogP contribution in [0.25, 0.3) is 0 Å².